The molecule has 1 aliphatic heterocycles. The standard InChI is InChI=1S/C19H21NO5S/c1-24-14-10-8-13(9-11-14)18-17(12-16(20-18)19(21)25-2)26(22,23)15-6-4-3-5-7-15/h3-11,16-18,20H,12H2,1-2H3/t16-,17+,18-/m1/s1. The maximum Gasteiger partial charge on any atom is 0.322 e. The van der Waals surface area contributed by atoms with Gasteiger partial charge in [0.25, 0.3) is 0 Å². The second-order valence-corrected chi connectivity index (χ2v) is 8.29. The summed E-state index contributed by atoms with van der Waals surface area (Å²) >= 11 is 0. The molecule has 0 radical (unpaired) electrons. The number of rotatable bonds is 5. The molecule has 1 saturated heterocycles. The molecule has 138 valence electrons. The molecule has 6 nitrogen and oxygen atoms in total. The number of hydrogen-bond acceptors (Lipinski definition) is 6. The SMILES string of the molecule is COC(=O)[C@H]1C[C@H](S(=O)(=O)c2ccccc2)[C@@H](c2ccc(OC)cc2)N1. The molecule has 1 N–H and O–H groups in total. The minimum absolute atomic E-state index is 0.153. The van der Waals surface area contributed by atoms with Crippen LogP contribution in [-0.2, 0) is 19.4 Å². The van der Waals surface area contributed by atoms with E-state index in [0.717, 1.165) is 5.56 Å². The first kappa shape index (κ1) is 18.4. The molecule has 7 heteroatoms. The van der Waals surface area contributed by atoms with Crippen LogP contribution in [-0.4, -0.2) is 39.9 Å². The Kier molecular flexibility index (Phi) is 5.29. The molecular formula is C19H21NO5S. The van der Waals surface area contributed by atoms with Gasteiger partial charge in [-0.3, -0.25) is 10.1 Å². The van der Waals surface area contributed by atoms with E-state index in [9.17, 15) is 13.2 Å². The number of esters is 1. The largest absolute Gasteiger partial charge is 0.497 e. The third-order valence-corrected chi connectivity index (χ3v) is 6.84. The van der Waals surface area contributed by atoms with Crippen molar-refractivity contribution in [1.82, 2.24) is 5.32 Å². The molecule has 3 atom stereocenters. The number of carbonyl (C=O) groups excluding carboxylic acids is 1. The van der Waals surface area contributed by atoms with Crippen LogP contribution < -0.4 is 10.1 Å². The zero-order valence-electron chi connectivity index (χ0n) is 14.6. The van der Waals surface area contributed by atoms with E-state index in [1.165, 1.54) is 7.11 Å². The highest BCUT2D eigenvalue weighted by Crippen LogP contribution is 2.36. The summed E-state index contributed by atoms with van der Waals surface area (Å²) in [5.74, 6) is 0.216. The van der Waals surface area contributed by atoms with Gasteiger partial charge in [-0.2, -0.15) is 0 Å². The smallest absolute Gasteiger partial charge is 0.322 e. The highest BCUT2D eigenvalue weighted by atomic mass is 32.2. The molecule has 3 rings (SSSR count). The van der Waals surface area contributed by atoms with Crippen molar-refractivity contribution < 1.29 is 22.7 Å². The number of benzene rings is 2. The zero-order valence-corrected chi connectivity index (χ0v) is 15.4. The van der Waals surface area contributed by atoms with Crippen molar-refractivity contribution in [2.24, 2.45) is 0 Å². The predicted octanol–water partition coefficient (Wildman–Crippen LogP) is 2.11. The van der Waals surface area contributed by atoms with E-state index in [-0.39, 0.29) is 11.3 Å². The summed E-state index contributed by atoms with van der Waals surface area (Å²) in [7, 11) is -0.763. The van der Waals surface area contributed by atoms with Crippen molar-refractivity contribution in [1.29, 1.82) is 0 Å². The lowest BCUT2D eigenvalue weighted by Crippen LogP contribution is -2.33. The van der Waals surface area contributed by atoms with Crippen LogP contribution in [0.1, 0.15) is 18.0 Å². The monoisotopic (exact) mass is 375 g/mol. The van der Waals surface area contributed by atoms with Gasteiger partial charge in [-0.05, 0) is 36.2 Å². The maximum atomic E-state index is 13.2. The van der Waals surface area contributed by atoms with E-state index < -0.39 is 33.1 Å². The van der Waals surface area contributed by atoms with E-state index in [2.05, 4.69) is 5.32 Å². The van der Waals surface area contributed by atoms with Crippen LogP contribution in [0.4, 0.5) is 0 Å². The van der Waals surface area contributed by atoms with Crippen LogP contribution in [0.5, 0.6) is 5.75 Å². The van der Waals surface area contributed by atoms with Crippen LogP contribution in [0.15, 0.2) is 59.5 Å². The van der Waals surface area contributed by atoms with Gasteiger partial charge in [-0.1, -0.05) is 30.3 Å². The summed E-state index contributed by atoms with van der Waals surface area (Å²) in [6.07, 6.45) is 0.153. The molecule has 1 heterocycles. The van der Waals surface area contributed by atoms with E-state index >= 15 is 0 Å². The molecule has 0 saturated carbocycles. The number of methoxy groups -OCH3 is 2. The molecule has 0 bridgehead atoms. The van der Waals surface area contributed by atoms with Gasteiger partial charge in [0.1, 0.15) is 11.8 Å². The average Bonchev–Trinajstić information content (AvgIpc) is 3.14. The lowest BCUT2D eigenvalue weighted by molar-refractivity contribution is -0.142. The summed E-state index contributed by atoms with van der Waals surface area (Å²) in [6, 6.07) is 14.3. The number of carbonyl (C=O) groups is 1. The number of nitrogens with one attached hydrogen (secondary N) is 1. The minimum Gasteiger partial charge on any atom is -0.497 e. The Bertz CT molecular complexity index is 865. The van der Waals surface area contributed by atoms with Gasteiger partial charge in [0.2, 0.25) is 0 Å². The van der Waals surface area contributed by atoms with Crippen LogP contribution in [0.3, 0.4) is 0 Å². The Hall–Kier alpha value is -2.38. The van der Waals surface area contributed by atoms with Crippen molar-refractivity contribution in [2.45, 2.75) is 28.6 Å². The molecule has 2 aromatic rings. The minimum atomic E-state index is -3.63. The van der Waals surface area contributed by atoms with Crippen LogP contribution in [0, 0.1) is 0 Å². The van der Waals surface area contributed by atoms with Crippen LogP contribution >= 0.6 is 0 Å². The Labute approximate surface area is 153 Å². The highest BCUT2D eigenvalue weighted by molar-refractivity contribution is 7.92. The van der Waals surface area contributed by atoms with E-state index in [0.29, 0.717) is 5.75 Å². The normalized spacial score (nSPS) is 22.8. The van der Waals surface area contributed by atoms with E-state index in [4.69, 9.17) is 9.47 Å². The van der Waals surface area contributed by atoms with Crippen LogP contribution in [0.2, 0.25) is 0 Å². The molecule has 0 aromatic heterocycles. The Morgan fingerprint density at radius 1 is 1.04 bits per heavy atom. The zero-order chi connectivity index (χ0) is 18.7. The summed E-state index contributed by atoms with van der Waals surface area (Å²) in [6.45, 7) is 0. The van der Waals surface area contributed by atoms with Gasteiger partial charge in [-0.15, -0.1) is 0 Å². The van der Waals surface area contributed by atoms with Gasteiger partial charge < -0.3 is 9.47 Å². The first-order valence-corrected chi connectivity index (χ1v) is 9.78. The predicted molar refractivity (Wildman–Crippen MR) is 96.7 cm³/mol. The van der Waals surface area contributed by atoms with Crippen molar-refractivity contribution in [3.63, 3.8) is 0 Å². The second kappa shape index (κ2) is 7.47. The van der Waals surface area contributed by atoms with Gasteiger partial charge in [0, 0.05) is 0 Å². The van der Waals surface area contributed by atoms with Crippen molar-refractivity contribution in [3.8, 4) is 5.75 Å². The van der Waals surface area contributed by atoms with Crippen molar-refractivity contribution in [3.05, 3.63) is 60.2 Å². The van der Waals surface area contributed by atoms with Gasteiger partial charge in [0.15, 0.2) is 9.84 Å². The summed E-state index contributed by atoms with van der Waals surface area (Å²) in [4.78, 5) is 12.2. The van der Waals surface area contributed by atoms with Crippen molar-refractivity contribution in [2.75, 3.05) is 14.2 Å². The molecule has 0 aliphatic carbocycles. The topological polar surface area (TPSA) is 81.7 Å². The first-order chi connectivity index (χ1) is 12.5. The molecule has 26 heavy (non-hydrogen) atoms. The quantitative estimate of drug-likeness (QED) is 0.806. The molecule has 1 fully saturated rings. The third-order valence-electron chi connectivity index (χ3n) is 4.65. The van der Waals surface area contributed by atoms with Gasteiger partial charge in [-0.25, -0.2) is 8.42 Å². The van der Waals surface area contributed by atoms with Crippen molar-refractivity contribution >= 4 is 15.8 Å². The Balaban J connectivity index is 1.99. The summed E-state index contributed by atoms with van der Waals surface area (Å²) in [5.41, 5.74) is 0.779. The van der Waals surface area contributed by atoms with Crippen LogP contribution in [0.25, 0.3) is 0 Å². The summed E-state index contributed by atoms with van der Waals surface area (Å²) in [5, 5.41) is 2.35. The molecule has 2 aromatic carbocycles. The number of ether oxygens (including phenoxy) is 2. The lowest BCUT2D eigenvalue weighted by Gasteiger charge is -2.20. The Morgan fingerprint density at radius 2 is 1.69 bits per heavy atom. The lowest BCUT2D eigenvalue weighted by atomic mass is 10.0. The fourth-order valence-corrected chi connectivity index (χ4v) is 5.21. The fourth-order valence-electron chi connectivity index (χ4n) is 3.28. The molecule has 0 unspecified atom stereocenters. The molecule has 1 aliphatic rings. The molecule has 0 spiro atoms. The highest BCUT2D eigenvalue weighted by Gasteiger charge is 2.45. The second-order valence-electron chi connectivity index (χ2n) is 6.13. The maximum absolute atomic E-state index is 13.2. The summed E-state index contributed by atoms with van der Waals surface area (Å²) < 4.78 is 36.3. The number of sulfone groups is 1. The van der Waals surface area contributed by atoms with E-state index in [1.807, 2.05) is 12.1 Å². The fraction of sp³-hybridized carbons (Fsp3) is 0.316. The van der Waals surface area contributed by atoms with Gasteiger partial charge in [0.05, 0.1) is 30.4 Å². The van der Waals surface area contributed by atoms with Gasteiger partial charge >= 0.3 is 5.97 Å². The first-order valence-electron chi connectivity index (χ1n) is 8.24. The number of hydrogen-bond donors (Lipinski definition) is 1. The Morgan fingerprint density at radius 3 is 2.27 bits per heavy atom. The average molecular weight is 375 g/mol. The van der Waals surface area contributed by atoms with E-state index in [1.54, 1.807) is 49.6 Å². The third kappa shape index (κ3) is 3.45. The molecule has 0 amide bonds. The molecular weight excluding hydrogens is 354 g/mol.